The Balaban J connectivity index is 1.50. The minimum absolute atomic E-state index is 0.0418. The van der Waals surface area contributed by atoms with Crippen LogP contribution in [0.3, 0.4) is 0 Å². The quantitative estimate of drug-likeness (QED) is 0.407. The SMILES string of the molecule is Cc1nc(Oc2ccc(NC(=O)c3ccc(F)cc3Cl)cc2)cc(-n2nc(C)c(C)c2C)n1. The third-order valence-electron chi connectivity index (χ3n) is 5.18. The number of ether oxygens (including phenoxy) is 1. The first-order valence-corrected chi connectivity index (χ1v) is 10.5. The highest BCUT2D eigenvalue weighted by atomic mass is 35.5. The Morgan fingerprint density at radius 2 is 1.76 bits per heavy atom. The van der Waals surface area contributed by atoms with E-state index in [-0.39, 0.29) is 10.6 Å². The van der Waals surface area contributed by atoms with E-state index in [0.717, 1.165) is 23.0 Å². The number of hydrogen-bond donors (Lipinski definition) is 1. The predicted molar refractivity (Wildman–Crippen MR) is 124 cm³/mol. The minimum atomic E-state index is -0.505. The van der Waals surface area contributed by atoms with Crippen molar-refractivity contribution in [2.45, 2.75) is 27.7 Å². The molecule has 1 amide bonds. The van der Waals surface area contributed by atoms with Crippen LogP contribution in [0, 0.1) is 33.5 Å². The average Bonchev–Trinajstić information content (AvgIpc) is 3.02. The van der Waals surface area contributed by atoms with E-state index in [0.29, 0.717) is 29.0 Å². The molecule has 0 fully saturated rings. The van der Waals surface area contributed by atoms with E-state index < -0.39 is 11.7 Å². The van der Waals surface area contributed by atoms with Crippen molar-refractivity contribution in [2.24, 2.45) is 0 Å². The first kappa shape index (κ1) is 22.4. The van der Waals surface area contributed by atoms with Gasteiger partial charge in [0, 0.05) is 17.4 Å². The van der Waals surface area contributed by atoms with Crippen molar-refractivity contribution < 1.29 is 13.9 Å². The molecule has 9 heteroatoms. The number of aryl methyl sites for hydroxylation is 2. The molecule has 7 nitrogen and oxygen atoms in total. The monoisotopic (exact) mass is 465 g/mol. The van der Waals surface area contributed by atoms with Gasteiger partial charge in [0.1, 0.15) is 17.4 Å². The highest BCUT2D eigenvalue weighted by Gasteiger charge is 2.14. The maximum Gasteiger partial charge on any atom is 0.257 e. The van der Waals surface area contributed by atoms with Gasteiger partial charge in [-0.05, 0) is 75.7 Å². The number of amides is 1. The summed E-state index contributed by atoms with van der Waals surface area (Å²) < 4.78 is 20.9. The average molecular weight is 466 g/mol. The van der Waals surface area contributed by atoms with Crippen molar-refractivity contribution in [1.82, 2.24) is 19.7 Å². The molecular weight excluding hydrogens is 445 g/mol. The van der Waals surface area contributed by atoms with Crippen molar-refractivity contribution in [3.05, 3.63) is 87.7 Å². The smallest absolute Gasteiger partial charge is 0.257 e. The number of carbonyl (C=O) groups excluding carboxylic acids is 1. The van der Waals surface area contributed by atoms with Crippen molar-refractivity contribution >= 4 is 23.2 Å². The summed E-state index contributed by atoms with van der Waals surface area (Å²) in [6.07, 6.45) is 0. The molecule has 0 aliphatic carbocycles. The van der Waals surface area contributed by atoms with Crippen LogP contribution in [-0.4, -0.2) is 25.7 Å². The second-order valence-corrected chi connectivity index (χ2v) is 7.93. The number of halogens is 2. The molecule has 0 bridgehead atoms. The second kappa shape index (κ2) is 8.99. The normalized spacial score (nSPS) is 10.8. The molecule has 0 spiro atoms. The highest BCUT2D eigenvalue weighted by molar-refractivity contribution is 6.34. The lowest BCUT2D eigenvalue weighted by molar-refractivity contribution is 0.102. The molecule has 2 aromatic carbocycles. The van der Waals surface area contributed by atoms with Crippen LogP contribution >= 0.6 is 11.6 Å². The molecule has 1 N–H and O–H groups in total. The van der Waals surface area contributed by atoms with Crippen LogP contribution in [0.2, 0.25) is 5.02 Å². The van der Waals surface area contributed by atoms with Crippen LogP contribution < -0.4 is 10.1 Å². The fourth-order valence-electron chi connectivity index (χ4n) is 3.23. The van der Waals surface area contributed by atoms with Gasteiger partial charge in [-0.25, -0.2) is 14.1 Å². The lowest BCUT2D eigenvalue weighted by Crippen LogP contribution is -2.12. The fourth-order valence-corrected chi connectivity index (χ4v) is 3.48. The standard InChI is InChI=1S/C24H21ClFN5O2/c1-13-14(2)30-31(15(13)3)22-12-23(28-16(4)27-22)33-19-8-6-18(7-9-19)29-24(32)20-10-5-17(26)11-21(20)25/h5-12H,1-4H3,(H,29,32). The molecular formula is C24H21ClFN5O2. The number of nitrogens with one attached hydrogen (secondary N) is 1. The Bertz CT molecular complexity index is 1350. The second-order valence-electron chi connectivity index (χ2n) is 7.52. The Morgan fingerprint density at radius 1 is 1.03 bits per heavy atom. The van der Waals surface area contributed by atoms with Gasteiger partial charge in [0.15, 0.2) is 5.82 Å². The molecule has 0 aliphatic heterocycles. The van der Waals surface area contributed by atoms with Crippen LogP contribution in [0.1, 0.15) is 33.1 Å². The first-order chi connectivity index (χ1) is 15.7. The zero-order valence-electron chi connectivity index (χ0n) is 18.5. The molecule has 0 atom stereocenters. The summed E-state index contributed by atoms with van der Waals surface area (Å²) in [6.45, 7) is 7.74. The zero-order chi connectivity index (χ0) is 23.7. The molecule has 4 aromatic rings. The molecule has 2 aromatic heterocycles. The molecule has 0 unspecified atom stereocenters. The molecule has 0 saturated carbocycles. The molecule has 168 valence electrons. The maximum absolute atomic E-state index is 13.2. The van der Waals surface area contributed by atoms with Gasteiger partial charge in [0.05, 0.1) is 16.3 Å². The van der Waals surface area contributed by atoms with Gasteiger partial charge in [-0.2, -0.15) is 10.1 Å². The lowest BCUT2D eigenvalue weighted by atomic mass is 10.2. The molecule has 0 saturated heterocycles. The topological polar surface area (TPSA) is 81.9 Å². The van der Waals surface area contributed by atoms with Gasteiger partial charge in [0.25, 0.3) is 5.91 Å². The van der Waals surface area contributed by atoms with Gasteiger partial charge in [-0.1, -0.05) is 11.6 Å². The zero-order valence-corrected chi connectivity index (χ0v) is 19.2. The number of benzene rings is 2. The summed E-state index contributed by atoms with van der Waals surface area (Å²) in [5.41, 5.74) is 3.75. The number of anilines is 1. The lowest BCUT2D eigenvalue weighted by Gasteiger charge is -2.10. The van der Waals surface area contributed by atoms with E-state index in [9.17, 15) is 9.18 Å². The maximum atomic E-state index is 13.2. The van der Waals surface area contributed by atoms with Crippen molar-refractivity contribution in [1.29, 1.82) is 0 Å². The van der Waals surface area contributed by atoms with Crippen LogP contribution in [0.4, 0.5) is 10.1 Å². The van der Waals surface area contributed by atoms with E-state index in [4.69, 9.17) is 16.3 Å². The molecule has 4 rings (SSSR count). The Labute approximate surface area is 195 Å². The van der Waals surface area contributed by atoms with Crippen molar-refractivity contribution in [3.63, 3.8) is 0 Å². The highest BCUT2D eigenvalue weighted by Crippen LogP contribution is 2.25. The summed E-state index contributed by atoms with van der Waals surface area (Å²) in [7, 11) is 0. The number of hydrogen-bond acceptors (Lipinski definition) is 5. The Hall–Kier alpha value is -3.78. The van der Waals surface area contributed by atoms with E-state index in [1.165, 1.54) is 12.1 Å². The van der Waals surface area contributed by atoms with Gasteiger partial charge in [-0.3, -0.25) is 4.79 Å². The minimum Gasteiger partial charge on any atom is -0.439 e. The summed E-state index contributed by atoms with van der Waals surface area (Å²) >= 11 is 5.96. The Morgan fingerprint density at radius 3 is 2.39 bits per heavy atom. The van der Waals surface area contributed by atoms with Crippen LogP contribution in [-0.2, 0) is 0 Å². The summed E-state index contributed by atoms with van der Waals surface area (Å²) in [5, 5.41) is 7.31. The molecule has 0 aliphatic rings. The Kier molecular flexibility index (Phi) is 6.11. The van der Waals surface area contributed by atoms with Gasteiger partial charge >= 0.3 is 0 Å². The van der Waals surface area contributed by atoms with Crippen LogP contribution in [0.5, 0.6) is 11.6 Å². The number of carbonyl (C=O) groups is 1. The van der Waals surface area contributed by atoms with Crippen LogP contribution in [0.15, 0.2) is 48.5 Å². The summed E-state index contributed by atoms with van der Waals surface area (Å²) in [5.74, 6) is 1.12. The third kappa shape index (κ3) is 4.85. The molecule has 33 heavy (non-hydrogen) atoms. The predicted octanol–water partition coefficient (Wildman–Crippen LogP) is 5.73. The first-order valence-electron chi connectivity index (χ1n) is 10.1. The number of rotatable bonds is 5. The molecule has 2 heterocycles. The van der Waals surface area contributed by atoms with Crippen LogP contribution in [0.25, 0.3) is 5.82 Å². The third-order valence-corrected chi connectivity index (χ3v) is 5.49. The van der Waals surface area contributed by atoms with E-state index in [2.05, 4.69) is 20.4 Å². The van der Waals surface area contributed by atoms with E-state index in [1.807, 2.05) is 20.8 Å². The molecule has 0 radical (unpaired) electrons. The van der Waals surface area contributed by atoms with E-state index in [1.54, 1.807) is 41.9 Å². The van der Waals surface area contributed by atoms with E-state index >= 15 is 0 Å². The summed E-state index contributed by atoms with van der Waals surface area (Å²) in [6, 6.07) is 12.1. The van der Waals surface area contributed by atoms with Gasteiger partial charge in [0.2, 0.25) is 5.88 Å². The van der Waals surface area contributed by atoms with Gasteiger partial charge < -0.3 is 10.1 Å². The summed E-state index contributed by atoms with van der Waals surface area (Å²) in [4.78, 5) is 21.2. The van der Waals surface area contributed by atoms with Gasteiger partial charge in [-0.15, -0.1) is 0 Å². The van der Waals surface area contributed by atoms with Crippen molar-refractivity contribution in [3.8, 4) is 17.4 Å². The fraction of sp³-hybridized carbons (Fsp3) is 0.167. The van der Waals surface area contributed by atoms with Crippen molar-refractivity contribution in [2.75, 3.05) is 5.32 Å². The number of aromatic nitrogens is 4. The number of nitrogens with zero attached hydrogens (tertiary/aromatic N) is 4. The largest absolute Gasteiger partial charge is 0.439 e.